The Hall–Kier alpha value is -3.12. The van der Waals surface area contributed by atoms with Gasteiger partial charge in [-0.3, -0.25) is 9.59 Å². The fourth-order valence-corrected chi connectivity index (χ4v) is 2.50. The predicted octanol–water partition coefficient (Wildman–Crippen LogP) is 3.66. The smallest absolute Gasteiger partial charge is 0.349 e. The van der Waals surface area contributed by atoms with Crippen LogP contribution in [0.25, 0.3) is 11.0 Å². The number of amides is 2. The molecule has 0 aliphatic rings. The second-order valence-electron chi connectivity index (χ2n) is 5.31. The molecule has 3 rings (SSSR count). The van der Waals surface area contributed by atoms with Crippen LogP contribution in [0.1, 0.15) is 17.3 Å². The number of para-hydroxylation sites is 1. The van der Waals surface area contributed by atoms with Crippen LogP contribution in [0.4, 0.5) is 11.4 Å². The van der Waals surface area contributed by atoms with Crippen molar-refractivity contribution >= 4 is 45.8 Å². The lowest BCUT2D eigenvalue weighted by Gasteiger charge is -2.11. The van der Waals surface area contributed by atoms with E-state index in [2.05, 4.69) is 10.6 Å². The zero-order chi connectivity index (χ0) is 18.0. The molecule has 1 aromatic heterocycles. The quantitative estimate of drug-likeness (QED) is 0.701. The molecule has 0 saturated heterocycles. The summed E-state index contributed by atoms with van der Waals surface area (Å²) in [6.07, 6.45) is 0. The zero-order valence-electron chi connectivity index (χ0n) is 13.1. The van der Waals surface area contributed by atoms with Gasteiger partial charge >= 0.3 is 5.63 Å². The van der Waals surface area contributed by atoms with Crippen molar-refractivity contribution in [3.05, 3.63) is 69.5 Å². The minimum absolute atomic E-state index is 0.146. The van der Waals surface area contributed by atoms with Gasteiger partial charge in [0.15, 0.2) is 0 Å². The monoisotopic (exact) mass is 356 g/mol. The Kier molecular flexibility index (Phi) is 4.54. The van der Waals surface area contributed by atoms with Gasteiger partial charge in [-0.2, -0.15) is 0 Å². The molecule has 6 nitrogen and oxygen atoms in total. The largest absolute Gasteiger partial charge is 0.422 e. The first kappa shape index (κ1) is 16.7. The first-order valence-corrected chi connectivity index (χ1v) is 7.73. The Morgan fingerprint density at radius 1 is 1.00 bits per heavy atom. The second-order valence-corrected chi connectivity index (χ2v) is 5.75. The molecule has 0 aliphatic carbocycles. The van der Waals surface area contributed by atoms with Gasteiger partial charge in [0, 0.05) is 17.3 Å². The predicted molar refractivity (Wildman–Crippen MR) is 96.2 cm³/mol. The normalized spacial score (nSPS) is 10.5. The highest BCUT2D eigenvalue weighted by Crippen LogP contribution is 2.26. The summed E-state index contributed by atoms with van der Waals surface area (Å²) in [6, 6.07) is 13.0. The summed E-state index contributed by atoms with van der Waals surface area (Å²) in [6.45, 7) is 1.35. The van der Waals surface area contributed by atoms with Crippen LogP contribution in [0.2, 0.25) is 5.02 Å². The molecular formula is C18H13ClN2O4. The molecule has 2 amide bonds. The number of carbonyl (C=O) groups excluding carboxylic acids is 2. The molecular weight excluding hydrogens is 344 g/mol. The minimum atomic E-state index is -0.751. The summed E-state index contributed by atoms with van der Waals surface area (Å²) in [7, 11) is 0. The molecule has 0 saturated carbocycles. The van der Waals surface area contributed by atoms with Gasteiger partial charge in [0.1, 0.15) is 11.1 Å². The molecule has 2 aromatic carbocycles. The molecule has 7 heteroatoms. The van der Waals surface area contributed by atoms with E-state index in [1.807, 2.05) is 0 Å². The number of hydrogen-bond donors (Lipinski definition) is 2. The van der Waals surface area contributed by atoms with Crippen molar-refractivity contribution in [3.8, 4) is 0 Å². The van der Waals surface area contributed by atoms with Gasteiger partial charge in [-0.25, -0.2) is 4.79 Å². The van der Waals surface area contributed by atoms with E-state index in [4.69, 9.17) is 16.0 Å². The zero-order valence-corrected chi connectivity index (χ0v) is 13.9. The van der Waals surface area contributed by atoms with Gasteiger partial charge in [-0.15, -0.1) is 0 Å². The van der Waals surface area contributed by atoms with E-state index in [1.165, 1.54) is 19.1 Å². The number of nitrogens with one attached hydrogen (secondary N) is 2. The summed E-state index contributed by atoms with van der Waals surface area (Å²) in [4.78, 5) is 35.9. The maximum atomic E-state index is 12.5. The summed E-state index contributed by atoms with van der Waals surface area (Å²) in [5.41, 5.74) is 0.146. The third-order valence-electron chi connectivity index (χ3n) is 3.43. The lowest BCUT2D eigenvalue weighted by atomic mass is 10.1. The molecule has 0 unspecified atom stereocenters. The summed E-state index contributed by atoms with van der Waals surface area (Å²) in [5, 5.41) is 6.16. The van der Waals surface area contributed by atoms with E-state index in [0.717, 1.165) is 0 Å². The number of benzene rings is 2. The van der Waals surface area contributed by atoms with Gasteiger partial charge < -0.3 is 15.1 Å². The molecule has 0 aliphatic heterocycles. The third kappa shape index (κ3) is 3.70. The van der Waals surface area contributed by atoms with E-state index in [9.17, 15) is 14.4 Å². The first-order valence-electron chi connectivity index (χ1n) is 7.35. The van der Waals surface area contributed by atoms with Crippen LogP contribution in [0.15, 0.2) is 57.7 Å². The molecule has 0 fully saturated rings. The van der Waals surface area contributed by atoms with Crippen LogP contribution in [0, 0.1) is 0 Å². The van der Waals surface area contributed by atoms with Gasteiger partial charge in [0.2, 0.25) is 5.91 Å². The van der Waals surface area contributed by atoms with Gasteiger partial charge in [-0.1, -0.05) is 29.8 Å². The van der Waals surface area contributed by atoms with Crippen molar-refractivity contribution in [2.24, 2.45) is 0 Å². The molecule has 0 bridgehead atoms. The molecule has 126 valence electrons. The maximum Gasteiger partial charge on any atom is 0.349 e. The van der Waals surface area contributed by atoms with Crippen molar-refractivity contribution in [1.29, 1.82) is 0 Å². The van der Waals surface area contributed by atoms with E-state index in [-0.39, 0.29) is 17.2 Å². The molecule has 25 heavy (non-hydrogen) atoms. The standard InChI is InChI=1S/C18H13ClN2O4/c1-10(22)20-14-7-6-12(19)9-15(14)21-17(23)13-8-11-4-2-3-5-16(11)25-18(13)24/h2-9H,1H3,(H,20,22)(H,21,23). The summed E-state index contributed by atoms with van der Waals surface area (Å²) in [5.74, 6) is -0.962. The van der Waals surface area contributed by atoms with Gasteiger partial charge in [-0.05, 0) is 30.3 Å². The van der Waals surface area contributed by atoms with Crippen LogP contribution in [0.5, 0.6) is 0 Å². The lowest BCUT2D eigenvalue weighted by molar-refractivity contribution is -0.114. The van der Waals surface area contributed by atoms with Crippen LogP contribution in [-0.2, 0) is 4.79 Å². The number of anilines is 2. The van der Waals surface area contributed by atoms with Crippen LogP contribution >= 0.6 is 11.6 Å². The molecule has 0 spiro atoms. The fourth-order valence-electron chi connectivity index (χ4n) is 2.33. The first-order chi connectivity index (χ1) is 11.9. The van der Waals surface area contributed by atoms with Crippen LogP contribution in [0.3, 0.4) is 0 Å². The van der Waals surface area contributed by atoms with Crippen molar-refractivity contribution in [2.75, 3.05) is 10.6 Å². The van der Waals surface area contributed by atoms with E-state index in [0.29, 0.717) is 21.7 Å². The van der Waals surface area contributed by atoms with Gasteiger partial charge in [0.05, 0.1) is 11.4 Å². The Morgan fingerprint density at radius 2 is 1.76 bits per heavy atom. The molecule has 2 N–H and O–H groups in total. The molecule has 3 aromatic rings. The summed E-state index contributed by atoms with van der Waals surface area (Å²) < 4.78 is 5.16. The highest BCUT2D eigenvalue weighted by atomic mass is 35.5. The Bertz CT molecular complexity index is 1040. The SMILES string of the molecule is CC(=O)Nc1ccc(Cl)cc1NC(=O)c1cc2ccccc2oc1=O. The highest BCUT2D eigenvalue weighted by molar-refractivity contribution is 6.31. The number of halogens is 1. The molecule has 0 atom stereocenters. The number of rotatable bonds is 3. The van der Waals surface area contributed by atoms with Crippen molar-refractivity contribution < 1.29 is 14.0 Å². The van der Waals surface area contributed by atoms with Crippen LogP contribution in [-0.4, -0.2) is 11.8 Å². The van der Waals surface area contributed by atoms with Crippen molar-refractivity contribution in [2.45, 2.75) is 6.92 Å². The van der Waals surface area contributed by atoms with Gasteiger partial charge in [0.25, 0.3) is 5.91 Å². The van der Waals surface area contributed by atoms with E-state index < -0.39 is 11.5 Å². The average Bonchev–Trinajstić information content (AvgIpc) is 2.56. The third-order valence-corrected chi connectivity index (χ3v) is 3.66. The topological polar surface area (TPSA) is 88.4 Å². The lowest BCUT2D eigenvalue weighted by Crippen LogP contribution is -2.21. The number of fused-ring (bicyclic) bond motifs is 1. The number of hydrogen-bond acceptors (Lipinski definition) is 4. The van der Waals surface area contributed by atoms with Crippen LogP contribution < -0.4 is 16.3 Å². The van der Waals surface area contributed by atoms with Crippen molar-refractivity contribution in [3.63, 3.8) is 0 Å². The number of carbonyl (C=O) groups is 2. The van der Waals surface area contributed by atoms with E-state index >= 15 is 0 Å². The fraction of sp³-hybridized carbons (Fsp3) is 0.0556. The second kappa shape index (κ2) is 6.78. The molecule has 0 radical (unpaired) electrons. The Morgan fingerprint density at radius 3 is 2.52 bits per heavy atom. The summed E-state index contributed by atoms with van der Waals surface area (Å²) >= 11 is 5.95. The molecule has 1 heterocycles. The minimum Gasteiger partial charge on any atom is -0.422 e. The maximum absolute atomic E-state index is 12.5. The van der Waals surface area contributed by atoms with Crippen molar-refractivity contribution in [1.82, 2.24) is 0 Å². The highest BCUT2D eigenvalue weighted by Gasteiger charge is 2.16. The Labute approximate surface area is 147 Å². The van der Waals surface area contributed by atoms with E-state index in [1.54, 1.807) is 36.4 Å². The average molecular weight is 357 g/mol. The Balaban J connectivity index is 1.98.